The lowest BCUT2D eigenvalue weighted by Crippen LogP contribution is -2.30. The minimum absolute atomic E-state index is 0.0106. The molecule has 0 spiro atoms. The van der Waals surface area contributed by atoms with E-state index in [1.54, 1.807) is 0 Å². The van der Waals surface area contributed by atoms with E-state index in [1.807, 2.05) is 0 Å². The van der Waals surface area contributed by atoms with E-state index in [2.05, 4.69) is 6.92 Å². The van der Waals surface area contributed by atoms with Gasteiger partial charge in [0.05, 0.1) is 5.60 Å². The number of carbonyl (C=O) groups excluding carboxylic acids is 1. The molecule has 2 heteroatoms. The van der Waals surface area contributed by atoms with Crippen molar-refractivity contribution in [3.8, 4) is 0 Å². The van der Waals surface area contributed by atoms with Crippen LogP contribution in [0.2, 0.25) is 0 Å². The van der Waals surface area contributed by atoms with Crippen molar-refractivity contribution in [1.82, 2.24) is 0 Å². The molecule has 1 aliphatic heterocycles. The highest BCUT2D eigenvalue weighted by atomic mass is 16.5. The Hall–Kier alpha value is -0.370. The second kappa shape index (κ2) is 3.41. The molecular weight excluding hydrogens is 164 g/mol. The van der Waals surface area contributed by atoms with Gasteiger partial charge in [-0.3, -0.25) is 0 Å². The Morgan fingerprint density at radius 1 is 1.46 bits per heavy atom. The lowest BCUT2D eigenvalue weighted by molar-refractivity contribution is -0.123. The molecule has 0 radical (unpaired) electrons. The van der Waals surface area contributed by atoms with E-state index in [9.17, 15) is 4.79 Å². The van der Waals surface area contributed by atoms with Crippen LogP contribution >= 0.6 is 0 Å². The van der Waals surface area contributed by atoms with E-state index in [-0.39, 0.29) is 11.7 Å². The SMILES string of the molecule is CC1(CC2CCC2)CCC(C=O)O1. The predicted octanol–water partition coefficient (Wildman–Crippen LogP) is 2.31. The fourth-order valence-corrected chi connectivity index (χ4v) is 2.48. The maximum absolute atomic E-state index is 10.5. The monoisotopic (exact) mass is 182 g/mol. The molecule has 0 aromatic heterocycles. The molecule has 2 rings (SSSR count). The molecule has 1 saturated carbocycles. The van der Waals surface area contributed by atoms with Crippen LogP contribution in [0.5, 0.6) is 0 Å². The Bertz CT molecular complexity index is 198. The van der Waals surface area contributed by atoms with Gasteiger partial charge >= 0.3 is 0 Å². The Morgan fingerprint density at radius 3 is 2.69 bits per heavy atom. The molecule has 0 bridgehead atoms. The zero-order valence-corrected chi connectivity index (χ0v) is 8.29. The van der Waals surface area contributed by atoms with Crippen LogP contribution < -0.4 is 0 Å². The molecule has 2 unspecified atom stereocenters. The second-order valence-corrected chi connectivity index (χ2v) is 4.78. The van der Waals surface area contributed by atoms with E-state index in [0.29, 0.717) is 0 Å². The highest BCUT2D eigenvalue weighted by Gasteiger charge is 2.38. The van der Waals surface area contributed by atoms with Gasteiger partial charge in [-0.1, -0.05) is 19.3 Å². The normalized spacial score (nSPS) is 40.2. The van der Waals surface area contributed by atoms with E-state index in [1.165, 1.54) is 19.3 Å². The van der Waals surface area contributed by atoms with Gasteiger partial charge in [0.2, 0.25) is 0 Å². The number of ether oxygens (including phenoxy) is 1. The highest BCUT2D eigenvalue weighted by molar-refractivity contribution is 5.56. The largest absolute Gasteiger partial charge is 0.365 e. The maximum Gasteiger partial charge on any atom is 0.148 e. The first-order valence-corrected chi connectivity index (χ1v) is 5.35. The Balaban J connectivity index is 1.85. The Morgan fingerprint density at radius 2 is 2.23 bits per heavy atom. The van der Waals surface area contributed by atoms with E-state index < -0.39 is 0 Å². The molecule has 2 atom stereocenters. The van der Waals surface area contributed by atoms with Crippen LogP contribution in [0.4, 0.5) is 0 Å². The highest BCUT2D eigenvalue weighted by Crippen LogP contribution is 2.40. The van der Waals surface area contributed by atoms with Crippen molar-refractivity contribution in [3.63, 3.8) is 0 Å². The molecule has 0 aromatic rings. The molecular formula is C11H18O2. The number of hydrogen-bond donors (Lipinski definition) is 0. The molecule has 2 aliphatic rings. The summed E-state index contributed by atoms with van der Waals surface area (Å²) < 4.78 is 5.74. The van der Waals surface area contributed by atoms with Crippen LogP contribution in [0.3, 0.4) is 0 Å². The fraction of sp³-hybridized carbons (Fsp3) is 0.909. The lowest BCUT2D eigenvalue weighted by atomic mass is 9.77. The van der Waals surface area contributed by atoms with Gasteiger partial charge in [-0.2, -0.15) is 0 Å². The molecule has 2 fully saturated rings. The summed E-state index contributed by atoms with van der Waals surface area (Å²) in [7, 11) is 0. The van der Waals surface area contributed by atoms with Crippen molar-refractivity contribution in [1.29, 1.82) is 0 Å². The van der Waals surface area contributed by atoms with E-state index >= 15 is 0 Å². The lowest BCUT2D eigenvalue weighted by Gasteiger charge is -2.33. The van der Waals surface area contributed by atoms with E-state index in [4.69, 9.17) is 4.74 Å². The molecule has 0 amide bonds. The number of hydrogen-bond acceptors (Lipinski definition) is 2. The number of rotatable bonds is 3. The Labute approximate surface area is 79.7 Å². The zero-order valence-electron chi connectivity index (χ0n) is 8.29. The first kappa shape index (κ1) is 9.20. The second-order valence-electron chi connectivity index (χ2n) is 4.78. The van der Waals surface area contributed by atoms with Gasteiger partial charge in [-0.25, -0.2) is 0 Å². The van der Waals surface area contributed by atoms with Crippen molar-refractivity contribution in [2.45, 2.75) is 57.2 Å². The maximum atomic E-state index is 10.5. The van der Waals surface area contributed by atoms with Gasteiger partial charge in [0.25, 0.3) is 0 Å². The van der Waals surface area contributed by atoms with Crippen molar-refractivity contribution < 1.29 is 9.53 Å². The predicted molar refractivity (Wildman–Crippen MR) is 50.5 cm³/mol. The van der Waals surface area contributed by atoms with Gasteiger partial charge in [0.1, 0.15) is 12.4 Å². The minimum atomic E-state index is -0.120. The van der Waals surface area contributed by atoms with Gasteiger partial charge in [-0.15, -0.1) is 0 Å². The number of aldehydes is 1. The average molecular weight is 182 g/mol. The quantitative estimate of drug-likeness (QED) is 0.626. The first-order chi connectivity index (χ1) is 6.22. The molecule has 0 N–H and O–H groups in total. The smallest absolute Gasteiger partial charge is 0.148 e. The standard InChI is InChI=1S/C11H18O2/c1-11(7-9-3-2-4-9)6-5-10(8-12)13-11/h8-10H,2-7H2,1H3. The third-order valence-corrected chi connectivity index (χ3v) is 3.49. The molecule has 2 nitrogen and oxygen atoms in total. The molecule has 1 heterocycles. The summed E-state index contributed by atoms with van der Waals surface area (Å²) in [5, 5.41) is 0. The molecule has 13 heavy (non-hydrogen) atoms. The summed E-state index contributed by atoms with van der Waals surface area (Å²) in [4.78, 5) is 10.5. The molecule has 1 aliphatic carbocycles. The van der Waals surface area contributed by atoms with Crippen molar-refractivity contribution >= 4 is 6.29 Å². The first-order valence-electron chi connectivity index (χ1n) is 5.35. The molecule has 1 saturated heterocycles. The zero-order chi connectivity index (χ0) is 9.31. The van der Waals surface area contributed by atoms with Gasteiger partial charge in [0, 0.05) is 0 Å². The third-order valence-electron chi connectivity index (χ3n) is 3.49. The third kappa shape index (κ3) is 1.93. The summed E-state index contributed by atoms with van der Waals surface area (Å²) in [6.07, 6.45) is 8.10. The van der Waals surface area contributed by atoms with Crippen molar-refractivity contribution in [2.24, 2.45) is 5.92 Å². The van der Waals surface area contributed by atoms with Crippen LogP contribution in [-0.2, 0) is 9.53 Å². The van der Waals surface area contributed by atoms with Crippen LogP contribution in [0, 0.1) is 5.92 Å². The van der Waals surface area contributed by atoms with Crippen LogP contribution in [-0.4, -0.2) is 18.0 Å². The van der Waals surface area contributed by atoms with Gasteiger partial charge < -0.3 is 9.53 Å². The van der Waals surface area contributed by atoms with Crippen molar-refractivity contribution in [3.05, 3.63) is 0 Å². The summed E-state index contributed by atoms with van der Waals surface area (Å²) in [6, 6.07) is 0. The Kier molecular flexibility index (Phi) is 2.41. The summed E-state index contributed by atoms with van der Waals surface area (Å²) >= 11 is 0. The summed E-state index contributed by atoms with van der Waals surface area (Å²) in [5.41, 5.74) is 0.0106. The summed E-state index contributed by atoms with van der Waals surface area (Å²) in [5.74, 6) is 0.871. The average Bonchev–Trinajstić information content (AvgIpc) is 2.41. The van der Waals surface area contributed by atoms with Crippen LogP contribution in [0.15, 0.2) is 0 Å². The fourth-order valence-electron chi connectivity index (χ4n) is 2.48. The van der Waals surface area contributed by atoms with Gasteiger partial charge in [-0.05, 0) is 32.1 Å². The molecule has 0 aromatic carbocycles. The topological polar surface area (TPSA) is 26.3 Å². The minimum Gasteiger partial charge on any atom is -0.365 e. The summed E-state index contributed by atoms with van der Waals surface area (Å²) in [6.45, 7) is 2.16. The number of carbonyl (C=O) groups is 1. The molecule has 74 valence electrons. The van der Waals surface area contributed by atoms with Crippen LogP contribution in [0.25, 0.3) is 0 Å². The van der Waals surface area contributed by atoms with Crippen molar-refractivity contribution in [2.75, 3.05) is 0 Å². The van der Waals surface area contributed by atoms with E-state index in [0.717, 1.165) is 31.5 Å². The van der Waals surface area contributed by atoms with Gasteiger partial charge in [0.15, 0.2) is 0 Å². The van der Waals surface area contributed by atoms with Crippen LogP contribution in [0.1, 0.15) is 45.4 Å².